The molecule has 8 heterocycles. The van der Waals surface area contributed by atoms with Crippen LogP contribution < -0.4 is 0 Å². The minimum Gasteiger partial charge on any atom is -0.456 e. The fourth-order valence-corrected chi connectivity index (χ4v) is 22.6. The average Bonchev–Trinajstić information content (AvgIpc) is 1.51. The molecular formula is C128H76N12O. The van der Waals surface area contributed by atoms with Crippen molar-refractivity contribution in [1.82, 2.24) is 58.1 Å². The molecule has 141 heavy (non-hydrogen) atoms. The highest BCUT2D eigenvalue weighted by Crippen LogP contribution is 2.53. The lowest BCUT2D eigenvalue weighted by Crippen LogP contribution is -2.06. The van der Waals surface area contributed by atoms with E-state index >= 15 is 0 Å². The Morgan fingerprint density at radius 2 is 0.440 bits per heavy atom. The molecule has 654 valence electrons. The Morgan fingerprint density at radius 1 is 0.156 bits per heavy atom. The van der Waals surface area contributed by atoms with E-state index in [1.54, 1.807) is 0 Å². The quantitative estimate of drug-likeness (QED) is 0.131. The molecule has 0 aliphatic heterocycles. The topological polar surface area (TPSA) is 136 Å². The monoisotopic (exact) mass is 1800 g/mol. The Hall–Kier alpha value is -19.2. The SMILES string of the molecule is c1ccc(-c2nc(-c3ccccc3)nc(-c3ccccc3-n3c4cccc5c6ccccc6c6ccccc6c6cccc3c6c54)n2)cc1.c1ccc(-c2nc(-c3ccccc3)nc(-n3c4cccc5c6ccccc6c6ccccc6c6cccc3c6c54)n2)cc1.c1ccc(-c2nc(-n3c4cccc5c6cccc7oc8ccc9c(c8c76)c6c(c54)c3ccc6n9-c3ccccc3)nc3ccccc23)cc1. The predicted octanol–water partition coefficient (Wildman–Crippen LogP) is 32.6. The van der Waals surface area contributed by atoms with Crippen LogP contribution in [0.1, 0.15) is 0 Å². The van der Waals surface area contributed by atoms with Crippen LogP contribution in [0.25, 0.3) is 287 Å². The second kappa shape index (κ2) is 31.7. The molecule has 8 aromatic heterocycles. The molecule has 0 N–H and O–H groups in total. The van der Waals surface area contributed by atoms with E-state index in [0.29, 0.717) is 41.0 Å². The van der Waals surface area contributed by atoms with Crippen LogP contribution in [-0.2, 0) is 0 Å². The zero-order valence-corrected chi connectivity index (χ0v) is 75.7. The summed E-state index contributed by atoms with van der Waals surface area (Å²) in [4.78, 5) is 41.1. The van der Waals surface area contributed by atoms with Gasteiger partial charge < -0.3 is 13.6 Å². The van der Waals surface area contributed by atoms with Crippen LogP contribution in [0.4, 0.5) is 0 Å². The molecule has 0 atom stereocenters. The Labute approximate surface area is 805 Å². The third-order valence-electron chi connectivity index (χ3n) is 28.5. The van der Waals surface area contributed by atoms with Gasteiger partial charge in [0.2, 0.25) is 11.9 Å². The predicted molar refractivity (Wildman–Crippen MR) is 581 cm³/mol. The maximum absolute atomic E-state index is 6.60. The van der Waals surface area contributed by atoms with Gasteiger partial charge in [0.05, 0.1) is 61.0 Å². The molecule has 0 spiro atoms. The molecule has 0 aliphatic rings. The normalized spacial score (nSPS) is 12.0. The van der Waals surface area contributed by atoms with E-state index in [1.807, 2.05) is 127 Å². The summed E-state index contributed by atoms with van der Waals surface area (Å²) in [6, 6.07) is 162. The number of hydrogen-bond donors (Lipinski definition) is 0. The average molecular weight is 1800 g/mol. The molecule has 0 saturated heterocycles. The lowest BCUT2D eigenvalue weighted by molar-refractivity contribution is 0.669. The van der Waals surface area contributed by atoms with Crippen LogP contribution in [0.2, 0.25) is 0 Å². The molecule has 0 unspecified atom stereocenters. The second-order valence-electron chi connectivity index (χ2n) is 36.2. The highest BCUT2D eigenvalue weighted by atomic mass is 16.3. The van der Waals surface area contributed by atoms with Crippen LogP contribution >= 0.6 is 0 Å². The van der Waals surface area contributed by atoms with Crippen molar-refractivity contribution in [2.75, 3.05) is 0 Å². The summed E-state index contributed by atoms with van der Waals surface area (Å²) in [6.07, 6.45) is 0. The van der Waals surface area contributed by atoms with E-state index in [2.05, 4.69) is 352 Å². The number of fused-ring (bicyclic) bond motifs is 12. The number of hydrogen-bond acceptors (Lipinski definition) is 9. The summed E-state index contributed by atoms with van der Waals surface area (Å²) in [5, 5.41) is 30.2. The van der Waals surface area contributed by atoms with Crippen molar-refractivity contribution >= 4 is 195 Å². The second-order valence-corrected chi connectivity index (χ2v) is 36.2. The standard InChI is InChI=1S/C45H28N4.C44H24N4O.C39H24N4/c1-3-15-29(16-4-1)43-46-44(30-17-5-2-6-18-30)48-45(47-43)37-23-11-12-26-38(37)49-39-27-13-24-35-33-21-9-7-19-31(33)32-20-8-10-22-34(32)36-25-14-28-40(49)42(36)41(35)39;1-3-11-25(12-4-1)43-29-15-7-8-18-30(29)45-44(46-43)48-31-19-9-16-27-28-17-10-20-35-38(28)42-36(49-35)24-23-33-41(42)40-32(21-22-34(48)39(40)37(27)31)47(33)26-13-5-2-6-14-26;1-3-13-25(14-4-1)37-40-38(26-15-5-2-6-16-26)42-39(41-37)43-33-23-11-21-31-29-19-9-7-17-27(29)28-18-8-10-20-30(28)32-22-12-24-34(43)36(32)35(31)33/h1-28H;1-24H;1-24H. The Bertz CT molecular complexity index is 10200. The van der Waals surface area contributed by atoms with E-state index < -0.39 is 0 Å². The first-order valence-corrected chi connectivity index (χ1v) is 47.6. The fraction of sp³-hybridized carbons (Fsp3) is 0. The molecule has 31 rings (SSSR count). The zero-order chi connectivity index (χ0) is 92.4. The first-order chi connectivity index (χ1) is 70.0. The molecule has 0 bridgehead atoms. The Kier molecular flexibility index (Phi) is 17.8. The summed E-state index contributed by atoms with van der Waals surface area (Å²) in [5.41, 5.74) is 20.5. The molecule has 13 heteroatoms. The molecule has 0 aliphatic carbocycles. The lowest BCUT2D eigenvalue weighted by Gasteiger charge is -2.14. The van der Waals surface area contributed by atoms with Crippen molar-refractivity contribution in [3.05, 3.63) is 461 Å². The Balaban J connectivity index is 0.000000102. The van der Waals surface area contributed by atoms with E-state index in [4.69, 9.17) is 44.3 Å². The van der Waals surface area contributed by atoms with Gasteiger partial charge in [-0.15, -0.1) is 0 Å². The zero-order valence-electron chi connectivity index (χ0n) is 75.7. The number of rotatable bonds is 10. The number of aromatic nitrogens is 12. The first-order valence-electron chi connectivity index (χ1n) is 47.6. The largest absolute Gasteiger partial charge is 0.456 e. The number of para-hydroxylation sites is 3. The summed E-state index contributed by atoms with van der Waals surface area (Å²) >= 11 is 0. The molecule has 0 fully saturated rings. The van der Waals surface area contributed by atoms with Gasteiger partial charge in [0.1, 0.15) is 11.2 Å². The van der Waals surface area contributed by atoms with E-state index in [9.17, 15) is 0 Å². The van der Waals surface area contributed by atoms with Gasteiger partial charge in [-0.2, -0.15) is 9.97 Å². The van der Waals surface area contributed by atoms with Gasteiger partial charge in [0.25, 0.3) is 0 Å². The molecule has 0 saturated carbocycles. The third kappa shape index (κ3) is 12.3. The maximum Gasteiger partial charge on any atom is 0.238 e. The van der Waals surface area contributed by atoms with Crippen molar-refractivity contribution in [2.24, 2.45) is 0 Å². The summed E-state index contributed by atoms with van der Waals surface area (Å²) < 4.78 is 15.9. The van der Waals surface area contributed by atoms with E-state index in [1.165, 1.54) is 124 Å². The van der Waals surface area contributed by atoms with Gasteiger partial charge in [-0.3, -0.25) is 9.13 Å². The number of nitrogens with zero attached hydrogens (tertiary/aromatic N) is 12. The van der Waals surface area contributed by atoms with Crippen molar-refractivity contribution in [1.29, 1.82) is 0 Å². The summed E-state index contributed by atoms with van der Waals surface area (Å²) in [5.74, 6) is 4.47. The summed E-state index contributed by atoms with van der Waals surface area (Å²) in [6.45, 7) is 0. The molecule has 0 radical (unpaired) electrons. The molecule has 13 nitrogen and oxygen atoms in total. The van der Waals surface area contributed by atoms with Crippen molar-refractivity contribution in [2.45, 2.75) is 0 Å². The van der Waals surface area contributed by atoms with Crippen LogP contribution in [0.15, 0.2) is 465 Å². The minimum absolute atomic E-state index is 0.600. The fourth-order valence-electron chi connectivity index (χ4n) is 22.6. The highest BCUT2D eigenvalue weighted by molar-refractivity contribution is 6.43. The molecule has 23 aromatic carbocycles. The number of furan rings is 1. The van der Waals surface area contributed by atoms with Gasteiger partial charge in [-0.1, -0.05) is 370 Å². The van der Waals surface area contributed by atoms with Crippen molar-refractivity contribution < 1.29 is 4.42 Å². The third-order valence-corrected chi connectivity index (χ3v) is 28.5. The Morgan fingerprint density at radius 3 is 0.887 bits per heavy atom. The van der Waals surface area contributed by atoms with E-state index in [-0.39, 0.29) is 0 Å². The van der Waals surface area contributed by atoms with Gasteiger partial charge in [-0.25, -0.2) is 29.9 Å². The molecule has 31 aromatic rings. The van der Waals surface area contributed by atoms with Crippen LogP contribution in [-0.4, -0.2) is 58.1 Å². The van der Waals surface area contributed by atoms with Gasteiger partial charge in [-0.05, 0) is 166 Å². The van der Waals surface area contributed by atoms with Gasteiger partial charge >= 0.3 is 0 Å². The molecular weight excluding hydrogens is 1720 g/mol. The van der Waals surface area contributed by atoms with Crippen LogP contribution in [0.3, 0.4) is 0 Å². The lowest BCUT2D eigenvalue weighted by atomic mass is 9.95. The highest BCUT2D eigenvalue weighted by Gasteiger charge is 2.31. The minimum atomic E-state index is 0.600. The van der Waals surface area contributed by atoms with Crippen molar-refractivity contribution in [3.8, 4) is 91.5 Å². The molecule has 0 amide bonds. The van der Waals surface area contributed by atoms with E-state index in [0.717, 1.165) is 122 Å². The van der Waals surface area contributed by atoms with Crippen LogP contribution in [0, 0.1) is 0 Å². The van der Waals surface area contributed by atoms with Crippen molar-refractivity contribution in [3.63, 3.8) is 0 Å². The van der Waals surface area contributed by atoms with Gasteiger partial charge in [0.15, 0.2) is 29.1 Å². The van der Waals surface area contributed by atoms with Crippen LogP contribution in [0.5, 0.6) is 0 Å². The smallest absolute Gasteiger partial charge is 0.238 e. The van der Waals surface area contributed by atoms with Gasteiger partial charge in [0, 0.05) is 98.3 Å². The summed E-state index contributed by atoms with van der Waals surface area (Å²) in [7, 11) is 0. The maximum atomic E-state index is 6.60. The number of benzene rings is 20. The first kappa shape index (κ1) is 79.2.